The Morgan fingerprint density at radius 1 is 1.56 bits per heavy atom. The highest BCUT2D eigenvalue weighted by Gasteiger charge is 2.21. The molecule has 0 bridgehead atoms. The van der Waals surface area contributed by atoms with Crippen LogP contribution in [-0.2, 0) is 19.4 Å². The molecular weight excluding hydrogens is 230 g/mol. The van der Waals surface area contributed by atoms with E-state index >= 15 is 0 Å². The zero-order valence-corrected chi connectivity index (χ0v) is 10.1. The molecule has 1 aliphatic rings. The highest BCUT2D eigenvalue weighted by Crippen LogP contribution is 2.07. The van der Waals surface area contributed by atoms with Gasteiger partial charge in [-0.25, -0.2) is 8.42 Å². The van der Waals surface area contributed by atoms with E-state index < -0.39 is 9.84 Å². The third kappa shape index (κ3) is 4.76. The van der Waals surface area contributed by atoms with Gasteiger partial charge in [0.1, 0.15) is 0 Å². The van der Waals surface area contributed by atoms with Crippen LogP contribution in [0.2, 0.25) is 0 Å². The average molecular weight is 247 g/mol. The molecule has 1 aliphatic heterocycles. The van der Waals surface area contributed by atoms with Gasteiger partial charge >= 0.3 is 5.97 Å². The molecule has 0 amide bonds. The second-order valence-corrected chi connectivity index (χ2v) is 5.65. The summed E-state index contributed by atoms with van der Waals surface area (Å²) in [7, 11) is -3.06. The minimum absolute atomic E-state index is 0.0231. The fourth-order valence-corrected chi connectivity index (χ4v) is 2.57. The summed E-state index contributed by atoms with van der Waals surface area (Å²) in [4.78, 5) is 11.2. The van der Waals surface area contributed by atoms with Gasteiger partial charge in [0, 0.05) is 11.4 Å². The normalized spacial score (nSPS) is 22.2. The highest BCUT2D eigenvalue weighted by molar-refractivity contribution is 7.94. The molecule has 0 aromatic rings. The van der Waals surface area contributed by atoms with E-state index in [0.717, 1.165) is 12.8 Å². The first-order valence-corrected chi connectivity index (χ1v) is 7.05. The lowest BCUT2D eigenvalue weighted by Crippen LogP contribution is -2.35. The molecule has 1 unspecified atom stereocenters. The van der Waals surface area contributed by atoms with Crippen molar-refractivity contribution in [1.29, 1.82) is 0 Å². The summed E-state index contributed by atoms with van der Waals surface area (Å²) in [5.74, 6) is -0.318. The second kappa shape index (κ2) is 6.00. The SMILES string of the molecule is CCCCOC(=O)CNC1C=CS(=O)(=O)C1. The van der Waals surface area contributed by atoms with Crippen molar-refractivity contribution < 1.29 is 17.9 Å². The lowest BCUT2D eigenvalue weighted by atomic mass is 10.3. The van der Waals surface area contributed by atoms with E-state index in [2.05, 4.69) is 5.32 Å². The molecule has 6 heteroatoms. The minimum atomic E-state index is -3.06. The quantitative estimate of drug-likeness (QED) is 0.537. The molecule has 0 saturated carbocycles. The third-order valence-corrected chi connectivity index (χ3v) is 3.60. The summed E-state index contributed by atoms with van der Waals surface area (Å²) in [5, 5.41) is 4.00. The summed E-state index contributed by atoms with van der Waals surface area (Å²) in [6.07, 6.45) is 3.38. The molecule has 0 aromatic heterocycles. The summed E-state index contributed by atoms with van der Waals surface area (Å²) < 4.78 is 27.0. The first-order chi connectivity index (χ1) is 7.53. The van der Waals surface area contributed by atoms with Crippen molar-refractivity contribution in [2.24, 2.45) is 0 Å². The van der Waals surface area contributed by atoms with Crippen LogP contribution in [0.25, 0.3) is 0 Å². The van der Waals surface area contributed by atoms with Crippen LogP contribution >= 0.6 is 0 Å². The molecule has 0 radical (unpaired) electrons. The zero-order valence-electron chi connectivity index (χ0n) is 9.31. The average Bonchev–Trinajstić information content (AvgIpc) is 2.56. The third-order valence-electron chi connectivity index (χ3n) is 2.20. The van der Waals surface area contributed by atoms with Crippen molar-refractivity contribution in [2.75, 3.05) is 18.9 Å². The molecule has 1 N–H and O–H groups in total. The molecule has 0 aliphatic carbocycles. The zero-order chi connectivity index (χ0) is 12.0. The standard InChI is InChI=1S/C10H17NO4S/c1-2-3-5-15-10(12)7-11-9-4-6-16(13,14)8-9/h4,6,9,11H,2-3,5,7-8H2,1H3. The summed E-state index contributed by atoms with van der Waals surface area (Å²) >= 11 is 0. The Kier molecular flexibility index (Phi) is 4.95. The maximum Gasteiger partial charge on any atom is 0.319 e. The van der Waals surface area contributed by atoms with Crippen LogP contribution in [0, 0.1) is 0 Å². The molecule has 0 spiro atoms. The summed E-state index contributed by atoms with van der Waals surface area (Å²) in [6, 6.07) is -0.274. The predicted octanol–water partition coefficient (Wildman–Crippen LogP) is 0.230. The Morgan fingerprint density at radius 3 is 2.88 bits per heavy atom. The lowest BCUT2D eigenvalue weighted by molar-refractivity contribution is -0.142. The predicted molar refractivity (Wildman–Crippen MR) is 60.6 cm³/mol. The van der Waals surface area contributed by atoms with Gasteiger partial charge in [-0.1, -0.05) is 19.4 Å². The number of sulfone groups is 1. The number of ether oxygens (including phenoxy) is 1. The number of hydrogen-bond donors (Lipinski definition) is 1. The van der Waals surface area contributed by atoms with Gasteiger partial charge in [-0.15, -0.1) is 0 Å². The Balaban J connectivity index is 2.16. The van der Waals surface area contributed by atoms with E-state index in [-0.39, 0.29) is 24.3 Å². The van der Waals surface area contributed by atoms with Gasteiger partial charge in [-0.05, 0) is 6.42 Å². The van der Waals surface area contributed by atoms with Crippen molar-refractivity contribution >= 4 is 15.8 Å². The van der Waals surface area contributed by atoms with Crippen LogP contribution in [0.4, 0.5) is 0 Å². The Hall–Kier alpha value is -0.880. The number of carbonyl (C=O) groups is 1. The molecule has 0 saturated heterocycles. The van der Waals surface area contributed by atoms with Crippen LogP contribution in [0.1, 0.15) is 19.8 Å². The number of rotatable bonds is 6. The molecule has 0 fully saturated rings. The van der Waals surface area contributed by atoms with E-state index in [9.17, 15) is 13.2 Å². The van der Waals surface area contributed by atoms with E-state index in [4.69, 9.17) is 4.74 Å². The molecule has 5 nitrogen and oxygen atoms in total. The van der Waals surface area contributed by atoms with Gasteiger partial charge in [0.25, 0.3) is 0 Å². The van der Waals surface area contributed by atoms with Crippen molar-refractivity contribution in [1.82, 2.24) is 5.32 Å². The number of hydrogen-bond acceptors (Lipinski definition) is 5. The Bertz CT molecular complexity index is 361. The van der Waals surface area contributed by atoms with E-state index in [1.807, 2.05) is 6.92 Å². The Labute approximate surface area is 95.8 Å². The van der Waals surface area contributed by atoms with Crippen LogP contribution in [0.3, 0.4) is 0 Å². The molecule has 1 heterocycles. The first-order valence-electron chi connectivity index (χ1n) is 5.33. The van der Waals surface area contributed by atoms with Gasteiger partial charge in [0.05, 0.1) is 18.9 Å². The van der Waals surface area contributed by atoms with Gasteiger partial charge < -0.3 is 4.74 Å². The van der Waals surface area contributed by atoms with Crippen molar-refractivity contribution in [2.45, 2.75) is 25.8 Å². The molecule has 16 heavy (non-hydrogen) atoms. The second-order valence-electron chi connectivity index (χ2n) is 3.72. The summed E-state index contributed by atoms with van der Waals surface area (Å²) in [6.45, 7) is 2.49. The summed E-state index contributed by atoms with van der Waals surface area (Å²) in [5.41, 5.74) is 0. The number of unbranched alkanes of at least 4 members (excludes halogenated alkanes) is 1. The highest BCUT2D eigenvalue weighted by atomic mass is 32.2. The van der Waals surface area contributed by atoms with Gasteiger partial charge in [-0.2, -0.15) is 0 Å². The molecular formula is C10H17NO4S. The van der Waals surface area contributed by atoms with Crippen molar-refractivity contribution in [3.8, 4) is 0 Å². The lowest BCUT2D eigenvalue weighted by Gasteiger charge is -2.09. The fourth-order valence-electron chi connectivity index (χ4n) is 1.30. The van der Waals surface area contributed by atoms with Crippen LogP contribution in [-0.4, -0.2) is 39.3 Å². The number of nitrogens with one attached hydrogen (secondary N) is 1. The molecule has 92 valence electrons. The maximum absolute atomic E-state index is 11.2. The van der Waals surface area contributed by atoms with Crippen molar-refractivity contribution in [3.05, 3.63) is 11.5 Å². The largest absolute Gasteiger partial charge is 0.465 e. The minimum Gasteiger partial charge on any atom is -0.465 e. The van der Waals surface area contributed by atoms with E-state index in [1.165, 1.54) is 5.41 Å². The van der Waals surface area contributed by atoms with Gasteiger partial charge in [0.15, 0.2) is 9.84 Å². The maximum atomic E-state index is 11.2. The van der Waals surface area contributed by atoms with E-state index in [1.54, 1.807) is 6.08 Å². The molecule has 1 rings (SSSR count). The van der Waals surface area contributed by atoms with E-state index in [0.29, 0.717) is 6.61 Å². The van der Waals surface area contributed by atoms with Gasteiger partial charge in [-0.3, -0.25) is 10.1 Å². The Morgan fingerprint density at radius 2 is 2.31 bits per heavy atom. The van der Waals surface area contributed by atoms with Crippen molar-refractivity contribution in [3.63, 3.8) is 0 Å². The van der Waals surface area contributed by atoms with Gasteiger partial charge in [0.2, 0.25) is 0 Å². The van der Waals surface area contributed by atoms with Crippen LogP contribution in [0.5, 0.6) is 0 Å². The van der Waals surface area contributed by atoms with Crippen LogP contribution in [0.15, 0.2) is 11.5 Å². The molecule has 0 aromatic carbocycles. The molecule has 1 atom stereocenters. The topological polar surface area (TPSA) is 72.5 Å². The monoisotopic (exact) mass is 247 g/mol. The van der Waals surface area contributed by atoms with Crippen LogP contribution < -0.4 is 5.32 Å². The number of carbonyl (C=O) groups excluding carboxylic acids is 1. The number of esters is 1. The fraction of sp³-hybridized carbons (Fsp3) is 0.700. The first kappa shape index (κ1) is 13.2. The smallest absolute Gasteiger partial charge is 0.319 e.